The van der Waals surface area contributed by atoms with Crippen LogP contribution in [0.3, 0.4) is 0 Å². The van der Waals surface area contributed by atoms with Gasteiger partial charge in [-0.1, -0.05) is 24.3 Å². The molecule has 0 heterocycles. The number of aliphatic carboxylic acids is 1. The fourth-order valence-electron chi connectivity index (χ4n) is 4.47. The van der Waals surface area contributed by atoms with Gasteiger partial charge in [-0.05, 0) is 42.2 Å². The average Bonchev–Trinajstić information content (AvgIpc) is 3.15. The van der Waals surface area contributed by atoms with E-state index in [1.165, 1.54) is 12.1 Å². The van der Waals surface area contributed by atoms with E-state index in [0.717, 1.165) is 12.8 Å². The molecule has 2 bridgehead atoms. The van der Waals surface area contributed by atoms with Crippen LogP contribution in [0.15, 0.2) is 36.4 Å². The molecule has 1 aromatic carbocycles. The van der Waals surface area contributed by atoms with Crippen molar-refractivity contribution in [1.82, 2.24) is 0 Å². The number of allylic oxidation sites excluding steroid dienone is 2. The normalized spacial score (nSPS) is 33.1. The number of hydrogen-bond acceptors (Lipinski definition) is 2. The second-order valence-electron chi connectivity index (χ2n) is 6.53. The van der Waals surface area contributed by atoms with Crippen LogP contribution in [0.2, 0.25) is 0 Å². The molecule has 1 spiro atoms. The maximum Gasteiger partial charge on any atom is 0.307 e. The SMILES string of the molecule is O=C(O)C1C(C(=O)Nc2ccccc2F)C2C=CC1C21CC1. The highest BCUT2D eigenvalue weighted by molar-refractivity contribution is 5.96. The summed E-state index contributed by atoms with van der Waals surface area (Å²) in [4.78, 5) is 24.3. The third kappa shape index (κ3) is 1.68. The van der Waals surface area contributed by atoms with E-state index in [4.69, 9.17) is 0 Å². The summed E-state index contributed by atoms with van der Waals surface area (Å²) in [7, 11) is 0. The number of nitrogens with one attached hydrogen (secondary N) is 1. The predicted molar refractivity (Wildman–Crippen MR) is 77.4 cm³/mol. The van der Waals surface area contributed by atoms with E-state index in [1.54, 1.807) is 12.1 Å². The first kappa shape index (κ1) is 13.5. The molecule has 3 aliphatic carbocycles. The van der Waals surface area contributed by atoms with E-state index in [2.05, 4.69) is 5.32 Å². The summed E-state index contributed by atoms with van der Waals surface area (Å²) in [5.41, 5.74) is 0.0774. The van der Waals surface area contributed by atoms with Gasteiger partial charge >= 0.3 is 5.97 Å². The van der Waals surface area contributed by atoms with E-state index < -0.39 is 23.6 Å². The summed E-state index contributed by atoms with van der Waals surface area (Å²) >= 11 is 0. The largest absolute Gasteiger partial charge is 0.481 e. The van der Waals surface area contributed by atoms with Crippen LogP contribution in [0.5, 0.6) is 0 Å². The lowest BCUT2D eigenvalue weighted by molar-refractivity contribution is -0.146. The zero-order chi connectivity index (χ0) is 15.5. The van der Waals surface area contributed by atoms with Crippen LogP contribution >= 0.6 is 0 Å². The highest BCUT2D eigenvalue weighted by Gasteiger charge is 2.70. The van der Waals surface area contributed by atoms with Crippen molar-refractivity contribution in [1.29, 1.82) is 0 Å². The number of carboxylic acid groups (broad SMARTS) is 1. The van der Waals surface area contributed by atoms with Gasteiger partial charge in [-0.15, -0.1) is 0 Å². The molecule has 1 amide bonds. The molecule has 5 heteroatoms. The van der Waals surface area contributed by atoms with Crippen LogP contribution in [0.4, 0.5) is 10.1 Å². The van der Waals surface area contributed by atoms with Gasteiger partial charge in [-0.3, -0.25) is 9.59 Å². The van der Waals surface area contributed by atoms with Gasteiger partial charge in [0.1, 0.15) is 5.82 Å². The van der Waals surface area contributed by atoms with Crippen LogP contribution in [0.25, 0.3) is 0 Å². The number of amides is 1. The van der Waals surface area contributed by atoms with E-state index >= 15 is 0 Å². The molecule has 4 rings (SSSR count). The fourth-order valence-corrected chi connectivity index (χ4v) is 4.47. The number of benzene rings is 1. The first-order chi connectivity index (χ1) is 10.5. The van der Waals surface area contributed by atoms with Gasteiger partial charge in [0.05, 0.1) is 17.5 Å². The van der Waals surface area contributed by atoms with Gasteiger partial charge < -0.3 is 10.4 Å². The third-order valence-corrected chi connectivity index (χ3v) is 5.56. The third-order valence-electron chi connectivity index (χ3n) is 5.56. The Labute approximate surface area is 127 Å². The monoisotopic (exact) mass is 301 g/mol. The molecule has 0 radical (unpaired) electrons. The molecular formula is C17H16FNO3. The molecule has 2 saturated carbocycles. The van der Waals surface area contributed by atoms with Crippen LogP contribution < -0.4 is 5.32 Å². The summed E-state index contributed by atoms with van der Waals surface area (Å²) in [6.07, 6.45) is 5.90. The molecule has 3 aliphatic rings. The van der Waals surface area contributed by atoms with Crippen LogP contribution in [0, 0.1) is 34.9 Å². The summed E-state index contributed by atoms with van der Waals surface area (Å²) < 4.78 is 13.7. The van der Waals surface area contributed by atoms with Crippen molar-refractivity contribution in [3.8, 4) is 0 Å². The summed E-state index contributed by atoms with van der Waals surface area (Å²) in [5, 5.41) is 12.1. The lowest BCUT2D eigenvalue weighted by Crippen LogP contribution is -2.36. The highest BCUT2D eigenvalue weighted by atomic mass is 19.1. The Morgan fingerprint density at radius 2 is 1.77 bits per heavy atom. The lowest BCUT2D eigenvalue weighted by Gasteiger charge is -2.23. The van der Waals surface area contributed by atoms with Crippen molar-refractivity contribution >= 4 is 17.6 Å². The number of halogens is 1. The quantitative estimate of drug-likeness (QED) is 0.844. The number of rotatable bonds is 3. The Bertz CT molecular complexity index is 695. The Kier molecular flexibility index (Phi) is 2.71. The van der Waals surface area contributed by atoms with Crippen molar-refractivity contribution in [3.63, 3.8) is 0 Å². The number of carbonyl (C=O) groups excluding carboxylic acids is 1. The zero-order valence-electron chi connectivity index (χ0n) is 11.8. The van der Waals surface area contributed by atoms with Crippen molar-refractivity contribution in [3.05, 3.63) is 42.2 Å². The Balaban J connectivity index is 1.64. The van der Waals surface area contributed by atoms with E-state index in [-0.39, 0.29) is 28.8 Å². The van der Waals surface area contributed by atoms with Crippen LogP contribution in [-0.2, 0) is 9.59 Å². The minimum absolute atomic E-state index is 0.0275. The molecule has 4 nitrogen and oxygen atoms in total. The van der Waals surface area contributed by atoms with Crippen LogP contribution in [-0.4, -0.2) is 17.0 Å². The summed E-state index contributed by atoms with van der Waals surface area (Å²) in [6, 6.07) is 5.94. The van der Waals surface area contributed by atoms with Crippen LogP contribution in [0.1, 0.15) is 12.8 Å². The highest BCUT2D eigenvalue weighted by Crippen LogP contribution is 2.72. The van der Waals surface area contributed by atoms with Gasteiger partial charge in [-0.2, -0.15) is 0 Å². The number of para-hydroxylation sites is 1. The standard InChI is InChI=1S/C17H16FNO3/c18-11-3-1-2-4-12(11)19-15(20)13-9-5-6-10(14(13)16(21)22)17(9)7-8-17/h1-6,9-10,13-14H,7-8H2,(H,19,20)(H,21,22). The molecule has 0 saturated heterocycles. The number of carboxylic acids is 1. The second kappa shape index (κ2) is 4.41. The number of hydrogen-bond donors (Lipinski definition) is 2. The van der Waals surface area contributed by atoms with E-state index in [1.807, 2.05) is 12.2 Å². The molecule has 4 atom stereocenters. The van der Waals surface area contributed by atoms with Crippen molar-refractivity contribution in [2.75, 3.05) is 5.32 Å². The van der Waals surface area contributed by atoms with Crippen molar-refractivity contribution < 1.29 is 19.1 Å². The van der Waals surface area contributed by atoms with Crippen molar-refractivity contribution in [2.45, 2.75) is 12.8 Å². The van der Waals surface area contributed by atoms with Gasteiger partial charge in [0, 0.05) is 0 Å². The minimum atomic E-state index is -0.934. The Hall–Kier alpha value is -2.17. The van der Waals surface area contributed by atoms with Crippen molar-refractivity contribution in [2.24, 2.45) is 29.1 Å². The average molecular weight is 301 g/mol. The molecule has 114 valence electrons. The van der Waals surface area contributed by atoms with Gasteiger partial charge in [-0.25, -0.2) is 4.39 Å². The Morgan fingerprint density at radius 1 is 1.14 bits per heavy atom. The second-order valence-corrected chi connectivity index (χ2v) is 6.53. The topological polar surface area (TPSA) is 66.4 Å². The summed E-state index contributed by atoms with van der Waals surface area (Å²) in [6.45, 7) is 0. The molecule has 2 fully saturated rings. The van der Waals surface area contributed by atoms with Gasteiger partial charge in [0.25, 0.3) is 0 Å². The number of carbonyl (C=O) groups is 2. The van der Waals surface area contributed by atoms with Gasteiger partial charge in [0.15, 0.2) is 0 Å². The molecule has 2 N–H and O–H groups in total. The molecule has 0 aliphatic heterocycles. The predicted octanol–water partition coefficient (Wildman–Crippen LogP) is 2.68. The minimum Gasteiger partial charge on any atom is -0.481 e. The number of anilines is 1. The maximum atomic E-state index is 13.7. The molecular weight excluding hydrogens is 285 g/mol. The van der Waals surface area contributed by atoms with Gasteiger partial charge in [0.2, 0.25) is 5.91 Å². The molecule has 0 aromatic heterocycles. The zero-order valence-corrected chi connectivity index (χ0v) is 11.8. The van der Waals surface area contributed by atoms with E-state index in [0.29, 0.717) is 0 Å². The Morgan fingerprint density at radius 3 is 2.36 bits per heavy atom. The molecule has 22 heavy (non-hydrogen) atoms. The maximum absolute atomic E-state index is 13.7. The smallest absolute Gasteiger partial charge is 0.307 e. The summed E-state index contributed by atoms with van der Waals surface area (Å²) in [5.74, 6) is -3.25. The first-order valence-corrected chi connectivity index (χ1v) is 7.51. The lowest BCUT2D eigenvalue weighted by atomic mass is 9.82. The molecule has 1 aromatic rings. The van der Waals surface area contributed by atoms with E-state index in [9.17, 15) is 19.1 Å². The first-order valence-electron chi connectivity index (χ1n) is 7.51. The fraction of sp³-hybridized carbons (Fsp3) is 0.412. The molecule has 4 unspecified atom stereocenters.